The second-order valence-corrected chi connectivity index (χ2v) is 6.03. The molecule has 3 rings (SSSR count). The fourth-order valence-electron chi connectivity index (χ4n) is 2.28. The molecule has 3 aromatic rings. The van der Waals surface area contributed by atoms with Gasteiger partial charge in [0.1, 0.15) is 0 Å². The lowest BCUT2D eigenvalue weighted by atomic mass is 10.2. The first-order valence-electron chi connectivity index (χ1n) is 8.05. The molecular formula is C19H16ClN5O2. The van der Waals surface area contributed by atoms with Gasteiger partial charge in [0.05, 0.1) is 10.6 Å². The van der Waals surface area contributed by atoms with Gasteiger partial charge in [0.2, 0.25) is 5.91 Å². The number of amides is 2. The average Bonchev–Trinajstić information content (AvgIpc) is 2.65. The molecule has 0 fully saturated rings. The summed E-state index contributed by atoms with van der Waals surface area (Å²) in [6.07, 6.45) is 0. The number of halogens is 1. The first kappa shape index (κ1) is 18.3. The van der Waals surface area contributed by atoms with Crippen molar-refractivity contribution in [2.45, 2.75) is 6.92 Å². The van der Waals surface area contributed by atoms with Crippen LogP contribution in [0.5, 0.6) is 0 Å². The molecule has 0 spiro atoms. The Hall–Kier alpha value is -3.45. The molecular weight excluding hydrogens is 366 g/mol. The zero-order valence-electron chi connectivity index (χ0n) is 14.4. The molecule has 0 atom stereocenters. The van der Waals surface area contributed by atoms with Crippen LogP contribution in [0.25, 0.3) is 0 Å². The molecule has 136 valence electrons. The average molecular weight is 382 g/mol. The maximum Gasteiger partial charge on any atom is 0.258 e. The molecule has 0 aliphatic heterocycles. The van der Waals surface area contributed by atoms with Crippen molar-refractivity contribution in [3.63, 3.8) is 0 Å². The van der Waals surface area contributed by atoms with E-state index >= 15 is 0 Å². The van der Waals surface area contributed by atoms with Crippen molar-refractivity contribution in [2.75, 3.05) is 16.0 Å². The number of rotatable bonds is 5. The van der Waals surface area contributed by atoms with Crippen LogP contribution in [-0.2, 0) is 4.79 Å². The molecule has 0 radical (unpaired) electrons. The highest BCUT2D eigenvalue weighted by Gasteiger charge is 2.10. The van der Waals surface area contributed by atoms with Crippen LogP contribution >= 0.6 is 11.6 Å². The highest BCUT2D eigenvalue weighted by atomic mass is 35.5. The largest absolute Gasteiger partial charge is 0.339 e. The quantitative estimate of drug-likeness (QED) is 0.618. The maximum atomic E-state index is 12.2. The minimum atomic E-state index is -0.357. The van der Waals surface area contributed by atoms with Crippen LogP contribution in [0.4, 0.5) is 23.0 Å². The third-order valence-corrected chi connectivity index (χ3v) is 3.83. The molecule has 2 aromatic carbocycles. The second kappa shape index (κ2) is 8.29. The van der Waals surface area contributed by atoms with Crippen molar-refractivity contribution in [2.24, 2.45) is 0 Å². The van der Waals surface area contributed by atoms with E-state index in [1.807, 2.05) is 0 Å². The van der Waals surface area contributed by atoms with Crippen molar-refractivity contribution in [1.29, 1.82) is 0 Å². The summed E-state index contributed by atoms with van der Waals surface area (Å²) in [5.74, 6) is 0.338. The molecule has 0 unspecified atom stereocenters. The van der Waals surface area contributed by atoms with E-state index < -0.39 is 0 Å². The summed E-state index contributed by atoms with van der Waals surface area (Å²) in [5.41, 5.74) is 1.85. The molecule has 0 aliphatic carbocycles. The summed E-state index contributed by atoms with van der Waals surface area (Å²) in [6.45, 7) is 1.45. The minimum absolute atomic E-state index is 0.129. The first-order valence-corrected chi connectivity index (χ1v) is 8.43. The Morgan fingerprint density at radius 1 is 0.815 bits per heavy atom. The molecule has 0 saturated heterocycles. The Kier molecular flexibility index (Phi) is 5.63. The third-order valence-electron chi connectivity index (χ3n) is 3.50. The molecule has 2 amide bonds. The number of carbonyl (C=O) groups excluding carboxylic acids is 2. The van der Waals surface area contributed by atoms with Crippen molar-refractivity contribution in [3.05, 3.63) is 71.2 Å². The molecule has 1 aromatic heterocycles. The summed E-state index contributed by atoms with van der Waals surface area (Å²) in [5, 5.41) is 16.8. The van der Waals surface area contributed by atoms with Gasteiger partial charge in [-0.3, -0.25) is 9.59 Å². The van der Waals surface area contributed by atoms with Gasteiger partial charge in [-0.2, -0.15) is 0 Å². The molecule has 0 aliphatic rings. The van der Waals surface area contributed by atoms with Gasteiger partial charge in [-0.15, -0.1) is 10.2 Å². The number of hydrogen-bond acceptors (Lipinski definition) is 5. The fourth-order valence-corrected chi connectivity index (χ4v) is 2.50. The Balaban J connectivity index is 1.62. The lowest BCUT2D eigenvalue weighted by Crippen LogP contribution is -2.14. The van der Waals surface area contributed by atoms with E-state index in [4.69, 9.17) is 11.6 Å². The zero-order valence-corrected chi connectivity index (χ0v) is 15.1. The molecule has 27 heavy (non-hydrogen) atoms. The minimum Gasteiger partial charge on any atom is -0.339 e. The van der Waals surface area contributed by atoms with Crippen LogP contribution in [0.3, 0.4) is 0 Å². The van der Waals surface area contributed by atoms with E-state index in [0.717, 1.165) is 5.69 Å². The molecule has 1 heterocycles. The number of nitrogens with one attached hydrogen (secondary N) is 3. The van der Waals surface area contributed by atoms with Crippen LogP contribution in [0, 0.1) is 0 Å². The third kappa shape index (κ3) is 5.02. The highest BCUT2D eigenvalue weighted by Crippen LogP contribution is 2.19. The summed E-state index contributed by atoms with van der Waals surface area (Å²) in [7, 11) is 0. The van der Waals surface area contributed by atoms with Gasteiger partial charge in [0.15, 0.2) is 11.6 Å². The van der Waals surface area contributed by atoms with Crippen molar-refractivity contribution >= 4 is 46.4 Å². The van der Waals surface area contributed by atoms with Gasteiger partial charge < -0.3 is 16.0 Å². The number of anilines is 4. The Morgan fingerprint density at radius 3 is 2.07 bits per heavy atom. The van der Waals surface area contributed by atoms with Crippen LogP contribution < -0.4 is 16.0 Å². The smallest absolute Gasteiger partial charge is 0.258 e. The number of nitrogens with zero attached hydrogens (tertiary/aromatic N) is 2. The van der Waals surface area contributed by atoms with Crippen molar-refractivity contribution < 1.29 is 9.59 Å². The van der Waals surface area contributed by atoms with Crippen LogP contribution in [0.1, 0.15) is 17.3 Å². The molecule has 0 bridgehead atoms. The summed E-state index contributed by atoms with van der Waals surface area (Å²) in [6, 6.07) is 17.2. The van der Waals surface area contributed by atoms with Gasteiger partial charge in [0, 0.05) is 18.3 Å². The van der Waals surface area contributed by atoms with Crippen LogP contribution in [0.15, 0.2) is 60.7 Å². The van der Waals surface area contributed by atoms with Gasteiger partial charge in [-0.25, -0.2) is 0 Å². The number of carbonyl (C=O) groups is 2. The normalized spacial score (nSPS) is 10.1. The maximum absolute atomic E-state index is 12.2. The first-order chi connectivity index (χ1) is 13.0. The second-order valence-electron chi connectivity index (χ2n) is 5.62. The van der Waals surface area contributed by atoms with Crippen LogP contribution in [-0.4, -0.2) is 22.0 Å². The summed E-state index contributed by atoms with van der Waals surface area (Å²) in [4.78, 5) is 23.2. The molecule has 8 heteroatoms. The predicted molar refractivity (Wildman–Crippen MR) is 105 cm³/mol. The van der Waals surface area contributed by atoms with E-state index in [1.165, 1.54) is 6.92 Å². The zero-order chi connectivity index (χ0) is 19.2. The Bertz CT molecular complexity index is 959. The summed E-state index contributed by atoms with van der Waals surface area (Å²) >= 11 is 6.01. The summed E-state index contributed by atoms with van der Waals surface area (Å²) < 4.78 is 0. The van der Waals surface area contributed by atoms with E-state index in [0.29, 0.717) is 27.9 Å². The monoisotopic (exact) mass is 381 g/mol. The molecule has 3 N–H and O–H groups in total. The number of benzene rings is 2. The SMILES string of the molecule is CC(=O)Nc1ccc(Nc2ccc(NC(=O)c3ccccc3Cl)nn2)cc1. The molecule has 7 nitrogen and oxygen atoms in total. The fraction of sp³-hybridized carbons (Fsp3) is 0.0526. The Morgan fingerprint density at radius 2 is 1.44 bits per heavy atom. The van der Waals surface area contributed by atoms with E-state index in [2.05, 4.69) is 26.1 Å². The highest BCUT2D eigenvalue weighted by molar-refractivity contribution is 6.34. The number of hydrogen-bond donors (Lipinski definition) is 3. The standard InChI is InChI=1S/C19H16ClN5O2/c1-12(26)21-13-6-8-14(9-7-13)22-17-10-11-18(25-24-17)23-19(27)15-4-2-3-5-16(15)20/h2-11H,1H3,(H,21,26)(H,22,24)(H,23,25,27). The van der Waals surface area contributed by atoms with Gasteiger partial charge >= 0.3 is 0 Å². The van der Waals surface area contributed by atoms with E-state index in [1.54, 1.807) is 60.7 Å². The lowest BCUT2D eigenvalue weighted by molar-refractivity contribution is -0.114. The van der Waals surface area contributed by atoms with E-state index in [-0.39, 0.29) is 11.8 Å². The van der Waals surface area contributed by atoms with Crippen molar-refractivity contribution in [3.8, 4) is 0 Å². The lowest BCUT2D eigenvalue weighted by Gasteiger charge is -2.08. The molecule has 0 saturated carbocycles. The topological polar surface area (TPSA) is 96.0 Å². The van der Waals surface area contributed by atoms with Crippen molar-refractivity contribution in [1.82, 2.24) is 10.2 Å². The van der Waals surface area contributed by atoms with Gasteiger partial charge in [-0.05, 0) is 48.5 Å². The van der Waals surface area contributed by atoms with Crippen LogP contribution in [0.2, 0.25) is 5.02 Å². The predicted octanol–water partition coefficient (Wildman–Crippen LogP) is 4.08. The van der Waals surface area contributed by atoms with Gasteiger partial charge in [0.25, 0.3) is 5.91 Å². The number of aromatic nitrogens is 2. The van der Waals surface area contributed by atoms with Gasteiger partial charge in [-0.1, -0.05) is 23.7 Å². The van der Waals surface area contributed by atoms with E-state index in [9.17, 15) is 9.59 Å². The Labute approximate surface area is 160 Å².